The molecular weight excluding hydrogens is 234 g/mol. The van der Waals surface area contributed by atoms with Crippen molar-refractivity contribution < 1.29 is 4.79 Å². The fraction of sp³-hybridized carbons (Fsp3) is 0.667. The van der Waals surface area contributed by atoms with Gasteiger partial charge in [-0.15, -0.1) is 11.3 Å². The predicted molar refractivity (Wildman–Crippen MR) is 71.2 cm³/mol. The van der Waals surface area contributed by atoms with Gasteiger partial charge < -0.3 is 11.1 Å². The summed E-state index contributed by atoms with van der Waals surface area (Å²) < 4.78 is 0. The van der Waals surface area contributed by atoms with Crippen LogP contribution in [-0.4, -0.2) is 17.4 Å². The monoisotopic (exact) mass is 255 g/mol. The van der Waals surface area contributed by atoms with Gasteiger partial charge in [-0.1, -0.05) is 20.8 Å². The van der Waals surface area contributed by atoms with E-state index in [0.717, 1.165) is 10.7 Å². The Morgan fingerprint density at radius 2 is 2.12 bits per heavy atom. The zero-order valence-corrected chi connectivity index (χ0v) is 11.9. The molecule has 0 bridgehead atoms. The molecule has 1 aromatic heterocycles. The SMILES string of the molecule is Cc1nc(C(C)(C)C)sc1C(C)NCC(N)=O. The lowest BCUT2D eigenvalue weighted by Gasteiger charge is -2.14. The molecule has 1 amide bonds. The van der Waals surface area contributed by atoms with Crippen LogP contribution in [0.4, 0.5) is 0 Å². The van der Waals surface area contributed by atoms with Crippen molar-refractivity contribution in [1.82, 2.24) is 10.3 Å². The Labute approximate surface area is 107 Å². The number of nitrogens with one attached hydrogen (secondary N) is 1. The molecule has 0 aliphatic rings. The van der Waals surface area contributed by atoms with Crippen molar-refractivity contribution in [2.24, 2.45) is 5.73 Å². The van der Waals surface area contributed by atoms with Crippen LogP contribution >= 0.6 is 11.3 Å². The number of primary amides is 1. The number of thiazole rings is 1. The Hall–Kier alpha value is -0.940. The van der Waals surface area contributed by atoms with Crippen molar-refractivity contribution in [2.45, 2.75) is 46.1 Å². The first-order valence-corrected chi connectivity index (χ1v) is 6.53. The van der Waals surface area contributed by atoms with Crippen LogP contribution in [0, 0.1) is 6.92 Å². The predicted octanol–water partition coefficient (Wildman–Crippen LogP) is 1.88. The Morgan fingerprint density at radius 1 is 1.53 bits per heavy atom. The molecule has 0 saturated carbocycles. The van der Waals surface area contributed by atoms with Crippen molar-refractivity contribution in [3.8, 4) is 0 Å². The maximum atomic E-state index is 10.7. The number of amides is 1. The zero-order chi connectivity index (χ0) is 13.2. The number of carbonyl (C=O) groups is 1. The molecule has 3 N–H and O–H groups in total. The lowest BCUT2D eigenvalue weighted by atomic mass is 9.98. The van der Waals surface area contributed by atoms with Gasteiger partial charge >= 0.3 is 0 Å². The van der Waals surface area contributed by atoms with E-state index in [1.807, 2.05) is 13.8 Å². The fourth-order valence-electron chi connectivity index (χ4n) is 1.48. The highest BCUT2D eigenvalue weighted by molar-refractivity contribution is 7.12. The average Bonchev–Trinajstić information content (AvgIpc) is 2.56. The second kappa shape index (κ2) is 5.14. The van der Waals surface area contributed by atoms with Gasteiger partial charge in [0.25, 0.3) is 0 Å². The van der Waals surface area contributed by atoms with E-state index in [2.05, 4.69) is 31.1 Å². The van der Waals surface area contributed by atoms with Crippen LogP contribution in [0.15, 0.2) is 0 Å². The summed E-state index contributed by atoms with van der Waals surface area (Å²) in [6.07, 6.45) is 0. The van der Waals surface area contributed by atoms with E-state index in [0.29, 0.717) is 0 Å². The molecule has 0 saturated heterocycles. The summed E-state index contributed by atoms with van der Waals surface area (Å²) in [6.45, 7) is 10.7. The summed E-state index contributed by atoms with van der Waals surface area (Å²) in [5.41, 5.74) is 6.22. The molecule has 0 radical (unpaired) electrons. The molecule has 1 atom stereocenters. The normalized spacial score (nSPS) is 13.7. The van der Waals surface area contributed by atoms with E-state index in [-0.39, 0.29) is 23.9 Å². The van der Waals surface area contributed by atoms with Crippen molar-refractivity contribution in [1.29, 1.82) is 0 Å². The van der Waals surface area contributed by atoms with Gasteiger partial charge in [-0.3, -0.25) is 4.79 Å². The first kappa shape index (κ1) is 14.1. The number of hydrogen-bond donors (Lipinski definition) is 2. The smallest absolute Gasteiger partial charge is 0.231 e. The molecule has 1 aromatic rings. The maximum Gasteiger partial charge on any atom is 0.231 e. The van der Waals surface area contributed by atoms with Gasteiger partial charge in [-0.2, -0.15) is 0 Å². The summed E-state index contributed by atoms with van der Waals surface area (Å²) in [7, 11) is 0. The van der Waals surface area contributed by atoms with Gasteiger partial charge in [-0.25, -0.2) is 4.98 Å². The number of nitrogens with zero attached hydrogens (tertiary/aromatic N) is 1. The Kier molecular flexibility index (Phi) is 4.27. The highest BCUT2D eigenvalue weighted by Crippen LogP contribution is 2.32. The number of rotatable bonds is 4. The van der Waals surface area contributed by atoms with Gasteiger partial charge in [0, 0.05) is 16.3 Å². The van der Waals surface area contributed by atoms with Crippen LogP contribution in [0.2, 0.25) is 0 Å². The largest absolute Gasteiger partial charge is 0.369 e. The number of aromatic nitrogens is 1. The molecule has 0 aliphatic carbocycles. The van der Waals surface area contributed by atoms with Crippen LogP contribution in [-0.2, 0) is 10.2 Å². The van der Waals surface area contributed by atoms with E-state index in [1.54, 1.807) is 11.3 Å². The summed E-state index contributed by atoms with van der Waals surface area (Å²) in [6, 6.07) is 0.107. The molecule has 1 rings (SSSR count). The topological polar surface area (TPSA) is 68.0 Å². The highest BCUT2D eigenvalue weighted by Gasteiger charge is 2.22. The zero-order valence-electron chi connectivity index (χ0n) is 11.1. The van der Waals surface area contributed by atoms with Gasteiger partial charge in [0.05, 0.1) is 17.2 Å². The van der Waals surface area contributed by atoms with Gasteiger partial charge in [-0.05, 0) is 13.8 Å². The quantitative estimate of drug-likeness (QED) is 0.863. The minimum absolute atomic E-state index is 0.0666. The van der Waals surface area contributed by atoms with E-state index < -0.39 is 0 Å². The van der Waals surface area contributed by atoms with E-state index in [9.17, 15) is 4.79 Å². The molecule has 17 heavy (non-hydrogen) atoms. The van der Waals surface area contributed by atoms with Crippen LogP contribution in [0.25, 0.3) is 0 Å². The molecule has 0 spiro atoms. The Bertz CT molecular complexity index is 406. The summed E-state index contributed by atoms with van der Waals surface area (Å²) >= 11 is 1.70. The molecule has 4 nitrogen and oxygen atoms in total. The van der Waals surface area contributed by atoms with E-state index in [4.69, 9.17) is 5.73 Å². The first-order chi connectivity index (χ1) is 7.71. The van der Waals surface area contributed by atoms with E-state index >= 15 is 0 Å². The Balaban J connectivity index is 2.84. The average molecular weight is 255 g/mol. The van der Waals surface area contributed by atoms with Crippen molar-refractivity contribution in [3.05, 3.63) is 15.6 Å². The van der Waals surface area contributed by atoms with Crippen LogP contribution in [0.3, 0.4) is 0 Å². The standard InChI is InChI=1S/C12H21N3OS/c1-7(14-6-9(13)16)10-8(2)15-11(17-10)12(3,4)5/h7,14H,6H2,1-5H3,(H2,13,16). The van der Waals surface area contributed by atoms with Crippen LogP contribution < -0.4 is 11.1 Å². The lowest BCUT2D eigenvalue weighted by molar-refractivity contribution is -0.117. The molecule has 1 unspecified atom stereocenters. The number of aryl methyl sites for hydroxylation is 1. The second-order valence-electron chi connectivity index (χ2n) is 5.29. The first-order valence-electron chi connectivity index (χ1n) is 5.71. The third-order valence-corrected chi connectivity index (χ3v) is 4.22. The molecule has 0 fully saturated rings. The summed E-state index contributed by atoms with van der Waals surface area (Å²) in [4.78, 5) is 16.5. The summed E-state index contributed by atoms with van der Waals surface area (Å²) in [5.74, 6) is -0.338. The molecule has 5 heteroatoms. The lowest BCUT2D eigenvalue weighted by Crippen LogP contribution is -2.30. The number of carbonyl (C=O) groups excluding carboxylic acids is 1. The molecular formula is C12H21N3OS. The minimum atomic E-state index is -0.338. The molecule has 0 aliphatic heterocycles. The van der Waals surface area contributed by atoms with Crippen molar-refractivity contribution in [3.63, 3.8) is 0 Å². The summed E-state index contributed by atoms with van der Waals surface area (Å²) in [5, 5.41) is 4.22. The highest BCUT2D eigenvalue weighted by atomic mass is 32.1. The third-order valence-electron chi connectivity index (χ3n) is 2.45. The van der Waals surface area contributed by atoms with Gasteiger partial charge in [0.15, 0.2) is 0 Å². The minimum Gasteiger partial charge on any atom is -0.369 e. The van der Waals surface area contributed by atoms with Crippen LogP contribution in [0.1, 0.15) is 49.3 Å². The number of nitrogens with two attached hydrogens (primary N) is 1. The molecule has 1 heterocycles. The fourth-order valence-corrected chi connectivity index (χ4v) is 2.63. The number of hydrogen-bond acceptors (Lipinski definition) is 4. The van der Waals surface area contributed by atoms with Gasteiger partial charge in [0.2, 0.25) is 5.91 Å². The van der Waals surface area contributed by atoms with Crippen LogP contribution in [0.5, 0.6) is 0 Å². The maximum absolute atomic E-state index is 10.7. The molecule has 96 valence electrons. The van der Waals surface area contributed by atoms with Gasteiger partial charge in [0.1, 0.15) is 0 Å². The van der Waals surface area contributed by atoms with E-state index in [1.165, 1.54) is 4.88 Å². The Morgan fingerprint density at radius 3 is 2.53 bits per heavy atom. The van der Waals surface area contributed by atoms with Crippen molar-refractivity contribution in [2.75, 3.05) is 6.54 Å². The van der Waals surface area contributed by atoms with Crippen molar-refractivity contribution >= 4 is 17.2 Å². The molecule has 0 aromatic carbocycles. The third kappa shape index (κ3) is 3.78. The second-order valence-corrected chi connectivity index (χ2v) is 6.32.